The van der Waals surface area contributed by atoms with Gasteiger partial charge in [0, 0.05) is 16.0 Å². The molecule has 0 spiro atoms. The Hall–Kier alpha value is -1.03. The summed E-state index contributed by atoms with van der Waals surface area (Å²) in [5, 5.41) is 3.78. The Morgan fingerprint density at radius 1 is 1.17 bits per heavy atom. The van der Waals surface area contributed by atoms with Crippen LogP contribution >= 0.6 is 27.5 Å². The molecule has 18 heavy (non-hydrogen) atoms. The van der Waals surface area contributed by atoms with Gasteiger partial charge in [-0.1, -0.05) is 39.7 Å². The van der Waals surface area contributed by atoms with Gasteiger partial charge >= 0.3 is 0 Å². The molecule has 2 rings (SSSR count). The maximum Gasteiger partial charge on any atom is 0.128 e. The van der Waals surface area contributed by atoms with Gasteiger partial charge < -0.3 is 10.1 Å². The van der Waals surface area contributed by atoms with E-state index in [1.54, 1.807) is 0 Å². The minimum atomic E-state index is 0.705. The largest absolute Gasteiger partial charge is 0.457 e. The van der Waals surface area contributed by atoms with E-state index >= 15 is 0 Å². The van der Waals surface area contributed by atoms with E-state index in [1.807, 2.05) is 49.5 Å². The predicted octanol–water partition coefficient (Wildman–Crippen LogP) is 4.61. The van der Waals surface area contributed by atoms with Crippen molar-refractivity contribution in [3.05, 3.63) is 57.5 Å². The Labute approximate surface area is 120 Å². The normalized spacial score (nSPS) is 10.4. The average molecular weight is 327 g/mol. The van der Waals surface area contributed by atoms with Crippen molar-refractivity contribution in [3.63, 3.8) is 0 Å². The van der Waals surface area contributed by atoms with Crippen LogP contribution < -0.4 is 10.1 Å². The number of ether oxygens (including phenoxy) is 1. The monoisotopic (exact) mass is 325 g/mol. The molecule has 2 nitrogen and oxygen atoms in total. The van der Waals surface area contributed by atoms with Crippen molar-refractivity contribution in [1.82, 2.24) is 5.32 Å². The molecule has 2 aromatic carbocycles. The molecule has 0 aliphatic rings. The Morgan fingerprint density at radius 2 is 1.94 bits per heavy atom. The van der Waals surface area contributed by atoms with Crippen molar-refractivity contribution in [3.8, 4) is 11.5 Å². The summed E-state index contributed by atoms with van der Waals surface area (Å²) >= 11 is 9.58. The Kier molecular flexibility index (Phi) is 4.64. The molecule has 0 amide bonds. The Bertz CT molecular complexity index is 545. The first-order valence-electron chi connectivity index (χ1n) is 5.55. The quantitative estimate of drug-likeness (QED) is 0.885. The molecule has 0 saturated carbocycles. The van der Waals surface area contributed by atoms with Crippen LogP contribution in [0.25, 0.3) is 0 Å². The maximum atomic E-state index is 6.18. The topological polar surface area (TPSA) is 21.3 Å². The molecule has 0 fully saturated rings. The number of hydrogen-bond donors (Lipinski definition) is 1. The molecule has 1 N–H and O–H groups in total. The fourth-order valence-electron chi connectivity index (χ4n) is 1.59. The summed E-state index contributed by atoms with van der Waals surface area (Å²) < 4.78 is 6.72. The lowest BCUT2D eigenvalue weighted by molar-refractivity contribution is 0.482. The lowest BCUT2D eigenvalue weighted by Crippen LogP contribution is -2.05. The zero-order chi connectivity index (χ0) is 13.0. The highest BCUT2D eigenvalue weighted by atomic mass is 79.9. The fourth-order valence-corrected chi connectivity index (χ4v) is 2.21. The van der Waals surface area contributed by atoms with E-state index in [4.69, 9.17) is 16.3 Å². The van der Waals surface area contributed by atoms with Crippen molar-refractivity contribution in [2.45, 2.75) is 6.54 Å². The molecular weight excluding hydrogens is 314 g/mol. The zero-order valence-corrected chi connectivity index (χ0v) is 12.3. The van der Waals surface area contributed by atoms with Crippen molar-refractivity contribution >= 4 is 27.5 Å². The van der Waals surface area contributed by atoms with E-state index in [1.165, 1.54) is 0 Å². The average Bonchev–Trinajstić information content (AvgIpc) is 2.33. The van der Waals surface area contributed by atoms with Crippen molar-refractivity contribution in [2.75, 3.05) is 7.05 Å². The third kappa shape index (κ3) is 3.48. The first-order valence-corrected chi connectivity index (χ1v) is 6.72. The first kappa shape index (κ1) is 13.4. The summed E-state index contributed by atoms with van der Waals surface area (Å²) in [4.78, 5) is 0. The van der Waals surface area contributed by atoms with Gasteiger partial charge in [-0.3, -0.25) is 0 Å². The van der Waals surface area contributed by atoms with Crippen molar-refractivity contribution < 1.29 is 4.74 Å². The third-order valence-electron chi connectivity index (χ3n) is 2.42. The summed E-state index contributed by atoms with van der Waals surface area (Å²) in [6, 6.07) is 13.4. The number of hydrogen-bond acceptors (Lipinski definition) is 2. The highest BCUT2D eigenvalue weighted by Crippen LogP contribution is 2.28. The molecule has 94 valence electrons. The van der Waals surface area contributed by atoms with Gasteiger partial charge in [-0.25, -0.2) is 0 Å². The van der Waals surface area contributed by atoms with Gasteiger partial charge in [-0.05, 0) is 42.9 Å². The van der Waals surface area contributed by atoms with E-state index < -0.39 is 0 Å². The highest BCUT2D eigenvalue weighted by molar-refractivity contribution is 9.10. The van der Waals surface area contributed by atoms with Crippen LogP contribution in [-0.2, 0) is 6.54 Å². The number of halogens is 2. The highest BCUT2D eigenvalue weighted by Gasteiger charge is 2.03. The van der Waals surface area contributed by atoms with E-state index in [9.17, 15) is 0 Å². The Morgan fingerprint density at radius 3 is 2.61 bits per heavy atom. The number of nitrogens with one attached hydrogen (secondary N) is 1. The fraction of sp³-hybridized carbons (Fsp3) is 0.143. The van der Waals surface area contributed by atoms with Gasteiger partial charge in [0.25, 0.3) is 0 Å². The second-order valence-electron chi connectivity index (χ2n) is 3.84. The van der Waals surface area contributed by atoms with Gasteiger partial charge in [0.1, 0.15) is 11.5 Å². The molecule has 2 aromatic rings. The summed E-state index contributed by atoms with van der Waals surface area (Å²) in [6.07, 6.45) is 0. The lowest BCUT2D eigenvalue weighted by Gasteiger charge is -2.09. The summed E-state index contributed by atoms with van der Waals surface area (Å²) in [7, 11) is 1.89. The number of rotatable bonds is 4. The van der Waals surface area contributed by atoms with Gasteiger partial charge in [-0.2, -0.15) is 0 Å². The van der Waals surface area contributed by atoms with E-state index in [0.29, 0.717) is 5.02 Å². The van der Waals surface area contributed by atoms with Crippen molar-refractivity contribution in [1.29, 1.82) is 0 Å². The molecule has 0 aliphatic carbocycles. The van der Waals surface area contributed by atoms with Crippen LogP contribution in [0, 0.1) is 0 Å². The molecule has 0 heterocycles. The van der Waals surface area contributed by atoms with E-state index in [2.05, 4.69) is 21.2 Å². The van der Waals surface area contributed by atoms with Crippen LogP contribution in [0.5, 0.6) is 11.5 Å². The van der Waals surface area contributed by atoms with Crippen LogP contribution in [-0.4, -0.2) is 7.05 Å². The van der Waals surface area contributed by atoms with Crippen LogP contribution in [0.3, 0.4) is 0 Å². The molecule has 0 radical (unpaired) electrons. The van der Waals surface area contributed by atoms with Gasteiger partial charge in [0.2, 0.25) is 0 Å². The smallest absolute Gasteiger partial charge is 0.128 e. The molecule has 0 aliphatic heterocycles. The molecule has 0 aromatic heterocycles. The third-order valence-corrected chi connectivity index (χ3v) is 3.27. The lowest BCUT2D eigenvalue weighted by atomic mass is 10.2. The summed E-state index contributed by atoms with van der Waals surface area (Å²) in [6.45, 7) is 0.746. The second-order valence-corrected chi connectivity index (χ2v) is 5.17. The molecule has 0 bridgehead atoms. The van der Waals surface area contributed by atoms with Crippen LogP contribution in [0.2, 0.25) is 5.02 Å². The zero-order valence-electron chi connectivity index (χ0n) is 9.91. The number of benzene rings is 2. The van der Waals surface area contributed by atoms with Crippen LogP contribution in [0.15, 0.2) is 46.9 Å². The standard InChI is InChI=1S/C14H13BrClNO/c1-17-9-10-5-6-13(8-14(10)16)18-12-4-2-3-11(15)7-12/h2-8,17H,9H2,1H3. The molecular formula is C14H13BrClNO. The SMILES string of the molecule is CNCc1ccc(Oc2cccc(Br)c2)cc1Cl. The minimum Gasteiger partial charge on any atom is -0.457 e. The van der Waals surface area contributed by atoms with Gasteiger partial charge in [0.05, 0.1) is 0 Å². The maximum absolute atomic E-state index is 6.18. The first-order chi connectivity index (χ1) is 8.69. The predicted molar refractivity (Wildman–Crippen MR) is 78.4 cm³/mol. The molecule has 0 atom stereocenters. The summed E-state index contributed by atoms with van der Waals surface area (Å²) in [5.74, 6) is 1.51. The second kappa shape index (κ2) is 6.23. The molecule has 0 saturated heterocycles. The van der Waals surface area contributed by atoms with Gasteiger partial charge in [-0.15, -0.1) is 0 Å². The van der Waals surface area contributed by atoms with Crippen LogP contribution in [0.1, 0.15) is 5.56 Å². The molecule has 0 unspecified atom stereocenters. The van der Waals surface area contributed by atoms with E-state index in [-0.39, 0.29) is 0 Å². The van der Waals surface area contributed by atoms with Crippen molar-refractivity contribution in [2.24, 2.45) is 0 Å². The minimum absolute atomic E-state index is 0.705. The Balaban J connectivity index is 2.17. The molecule has 4 heteroatoms. The van der Waals surface area contributed by atoms with E-state index in [0.717, 1.165) is 28.1 Å². The summed E-state index contributed by atoms with van der Waals surface area (Å²) in [5.41, 5.74) is 1.06. The van der Waals surface area contributed by atoms with Crippen LogP contribution in [0.4, 0.5) is 0 Å². The van der Waals surface area contributed by atoms with Gasteiger partial charge in [0.15, 0.2) is 0 Å².